The summed E-state index contributed by atoms with van der Waals surface area (Å²) >= 11 is 0. The molecule has 3 heterocycles. The number of likely N-dealkylation sites (tertiary alicyclic amines) is 2. The van der Waals surface area contributed by atoms with Gasteiger partial charge in [-0.3, -0.25) is 9.59 Å². The molecule has 0 N–H and O–H groups in total. The summed E-state index contributed by atoms with van der Waals surface area (Å²) in [5.74, 6) is 0.0129. The molecule has 1 aromatic carbocycles. The number of aromatic nitrogens is 1. The van der Waals surface area contributed by atoms with Gasteiger partial charge in [-0.15, -0.1) is 0 Å². The predicted octanol–water partition coefficient (Wildman–Crippen LogP) is 3.63. The Morgan fingerprint density at radius 2 is 1.82 bits per heavy atom. The van der Waals surface area contributed by atoms with Crippen molar-refractivity contribution in [3.8, 4) is 0 Å². The van der Waals surface area contributed by atoms with E-state index in [4.69, 9.17) is 0 Å². The normalized spacial score (nSPS) is 20.0. The predicted molar refractivity (Wildman–Crippen MR) is 105 cm³/mol. The second kappa shape index (κ2) is 8.25. The van der Waals surface area contributed by atoms with Crippen LogP contribution < -0.4 is 0 Å². The maximum absolute atomic E-state index is 14.0. The van der Waals surface area contributed by atoms with Crippen LogP contribution in [0.5, 0.6) is 0 Å². The molecule has 5 nitrogen and oxygen atoms in total. The van der Waals surface area contributed by atoms with Crippen LogP contribution >= 0.6 is 0 Å². The molecule has 1 atom stereocenters. The molecule has 1 unspecified atom stereocenters. The minimum atomic E-state index is -0.413. The molecule has 2 fully saturated rings. The van der Waals surface area contributed by atoms with Crippen molar-refractivity contribution in [2.24, 2.45) is 5.92 Å². The Hall–Kier alpha value is -2.50. The van der Waals surface area contributed by atoms with Crippen molar-refractivity contribution in [3.63, 3.8) is 0 Å². The summed E-state index contributed by atoms with van der Waals surface area (Å²) in [6.45, 7) is 3.10. The van der Waals surface area contributed by atoms with E-state index in [0.717, 1.165) is 45.2 Å². The molecule has 2 amide bonds. The number of pyridine rings is 1. The lowest BCUT2D eigenvalue weighted by molar-refractivity contribution is -0.130. The first-order valence-corrected chi connectivity index (χ1v) is 10.2. The number of piperidine rings is 1. The summed E-state index contributed by atoms with van der Waals surface area (Å²) < 4.78 is 14.0. The van der Waals surface area contributed by atoms with Crippen LogP contribution in [0.3, 0.4) is 0 Å². The number of rotatable bonds is 4. The van der Waals surface area contributed by atoms with Crippen LogP contribution in [-0.4, -0.2) is 52.8 Å². The molecule has 1 aromatic heterocycles. The molecule has 148 valence electrons. The number of hydrogen-bond acceptors (Lipinski definition) is 3. The van der Waals surface area contributed by atoms with Crippen molar-refractivity contribution in [1.82, 2.24) is 14.8 Å². The van der Waals surface area contributed by atoms with Crippen molar-refractivity contribution in [2.75, 3.05) is 26.2 Å². The summed E-state index contributed by atoms with van der Waals surface area (Å²) in [5, 5.41) is 0.688. The standard InChI is InChI=1S/C22H26FN3O2/c23-18-7-3-6-17-9-10-19(24-21(17)18)22(28)26-14-4-5-16(15-26)8-11-20(27)25-12-1-2-13-25/h3,6-7,9-10,16H,1-2,4-5,8,11-15H2. The lowest BCUT2D eigenvalue weighted by Crippen LogP contribution is -2.40. The Balaban J connectivity index is 1.39. The number of halogens is 1. The SMILES string of the molecule is O=C(CCC1CCCN(C(=O)c2ccc3cccc(F)c3n2)C1)N1CCCC1. The molecule has 2 aliphatic heterocycles. The van der Waals surface area contributed by atoms with Crippen LogP contribution in [0.15, 0.2) is 30.3 Å². The van der Waals surface area contributed by atoms with E-state index in [9.17, 15) is 14.0 Å². The number of amides is 2. The van der Waals surface area contributed by atoms with E-state index in [1.54, 1.807) is 24.3 Å². The number of benzene rings is 1. The van der Waals surface area contributed by atoms with Crippen molar-refractivity contribution in [1.29, 1.82) is 0 Å². The third-order valence-corrected chi connectivity index (χ3v) is 5.92. The third-order valence-electron chi connectivity index (χ3n) is 5.92. The molecule has 2 aromatic rings. The third kappa shape index (κ3) is 4.01. The summed E-state index contributed by atoms with van der Waals surface area (Å²) in [6.07, 6.45) is 5.56. The Labute approximate surface area is 164 Å². The molecule has 2 saturated heterocycles. The fourth-order valence-electron chi connectivity index (χ4n) is 4.33. The van der Waals surface area contributed by atoms with Gasteiger partial charge in [0.05, 0.1) is 0 Å². The van der Waals surface area contributed by atoms with Gasteiger partial charge in [0.15, 0.2) is 0 Å². The van der Waals surface area contributed by atoms with Gasteiger partial charge >= 0.3 is 0 Å². The average molecular weight is 383 g/mol. The minimum absolute atomic E-state index is 0.152. The number of para-hydroxylation sites is 1. The van der Waals surface area contributed by atoms with E-state index in [1.165, 1.54) is 6.07 Å². The number of fused-ring (bicyclic) bond motifs is 1. The summed E-state index contributed by atoms with van der Waals surface area (Å²) in [4.78, 5) is 33.2. The number of nitrogens with zero attached hydrogens (tertiary/aromatic N) is 3. The summed E-state index contributed by atoms with van der Waals surface area (Å²) in [6, 6.07) is 8.20. The van der Waals surface area contributed by atoms with Crippen LogP contribution in [0.2, 0.25) is 0 Å². The van der Waals surface area contributed by atoms with Crippen LogP contribution in [-0.2, 0) is 4.79 Å². The molecular formula is C22H26FN3O2. The van der Waals surface area contributed by atoms with E-state index in [2.05, 4.69) is 4.98 Å². The molecular weight excluding hydrogens is 357 g/mol. The quantitative estimate of drug-likeness (QED) is 0.810. The highest BCUT2D eigenvalue weighted by Crippen LogP contribution is 2.24. The van der Waals surface area contributed by atoms with Gasteiger partial charge in [0.1, 0.15) is 17.0 Å². The maximum atomic E-state index is 14.0. The highest BCUT2D eigenvalue weighted by molar-refractivity contribution is 5.95. The number of carbonyl (C=O) groups is 2. The molecule has 0 saturated carbocycles. The van der Waals surface area contributed by atoms with E-state index in [1.807, 2.05) is 9.80 Å². The molecule has 0 spiro atoms. The van der Waals surface area contributed by atoms with Crippen LogP contribution in [0, 0.1) is 11.7 Å². The van der Waals surface area contributed by atoms with Gasteiger partial charge in [-0.25, -0.2) is 9.37 Å². The average Bonchev–Trinajstić information content (AvgIpc) is 3.27. The Morgan fingerprint density at radius 3 is 2.64 bits per heavy atom. The first-order valence-electron chi connectivity index (χ1n) is 10.2. The molecule has 6 heteroatoms. The fourth-order valence-corrected chi connectivity index (χ4v) is 4.33. The Morgan fingerprint density at radius 1 is 1.04 bits per heavy atom. The van der Waals surface area contributed by atoms with Crippen LogP contribution in [0.4, 0.5) is 4.39 Å². The van der Waals surface area contributed by atoms with E-state index < -0.39 is 5.82 Å². The fraction of sp³-hybridized carbons (Fsp3) is 0.500. The van der Waals surface area contributed by atoms with Crippen LogP contribution in [0.25, 0.3) is 10.9 Å². The van der Waals surface area contributed by atoms with Gasteiger partial charge in [0.2, 0.25) is 5.91 Å². The van der Waals surface area contributed by atoms with Gasteiger partial charge in [0, 0.05) is 38.0 Å². The summed E-state index contributed by atoms with van der Waals surface area (Å²) in [5.41, 5.74) is 0.518. The maximum Gasteiger partial charge on any atom is 0.272 e. The minimum Gasteiger partial charge on any atom is -0.343 e. The molecule has 0 aliphatic carbocycles. The molecule has 4 rings (SSSR count). The second-order valence-corrected chi connectivity index (χ2v) is 7.89. The molecule has 2 aliphatic rings. The monoisotopic (exact) mass is 383 g/mol. The Bertz CT molecular complexity index is 879. The van der Waals surface area contributed by atoms with Crippen molar-refractivity contribution >= 4 is 22.7 Å². The largest absolute Gasteiger partial charge is 0.343 e. The zero-order valence-corrected chi connectivity index (χ0v) is 16.1. The van der Waals surface area contributed by atoms with Crippen molar-refractivity contribution in [3.05, 3.63) is 41.8 Å². The molecule has 28 heavy (non-hydrogen) atoms. The number of hydrogen-bond donors (Lipinski definition) is 0. The first kappa shape index (κ1) is 18.8. The van der Waals surface area contributed by atoms with E-state index in [0.29, 0.717) is 30.8 Å². The zero-order chi connectivity index (χ0) is 19.5. The van der Waals surface area contributed by atoms with Gasteiger partial charge in [-0.2, -0.15) is 0 Å². The molecule has 0 bridgehead atoms. The van der Waals surface area contributed by atoms with E-state index >= 15 is 0 Å². The van der Waals surface area contributed by atoms with Gasteiger partial charge < -0.3 is 9.80 Å². The highest BCUT2D eigenvalue weighted by atomic mass is 19.1. The molecule has 0 radical (unpaired) electrons. The smallest absolute Gasteiger partial charge is 0.272 e. The van der Waals surface area contributed by atoms with Crippen molar-refractivity contribution in [2.45, 2.75) is 38.5 Å². The Kier molecular flexibility index (Phi) is 5.55. The zero-order valence-electron chi connectivity index (χ0n) is 16.1. The number of carbonyl (C=O) groups excluding carboxylic acids is 2. The lowest BCUT2D eigenvalue weighted by Gasteiger charge is -2.32. The summed E-state index contributed by atoms with van der Waals surface area (Å²) in [7, 11) is 0. The van der Waals surface area contributed by atoms with Gasteiger partial charge in [-0.05, 0) is 50.2 Å². The van der Waals surface area contributed by atoms with Gasteiger partial charge in [0.25, 0.3) is 5.91 Å². The first-order chi connectivity index (χ1) is 13.6. The lowest BCUT2D eigenvalue weighted by atomic mass is 9.93. The van der Waals surface area contributed by atoms with E-state index in [-0.39, 0.29) is 23.0 Å². The van der Waals surface area contributed by atoms with Crippen molar-refractivity contribution < 1.29 is 14.0 Å². The topological polar surface area (TPSA) is 53.5 Å². The second-order valence-electron chi connectivity index (χ2n) is 7.89. The van der Waals surface area contributed by atoms with Crippen LogP contribution in [0.1, 0.15) is 49.0 Å². The van der Waals surface area contributed by atoms with Gasteiger partial charge in [-0.1, -0.05) is 18.2 Å². The highest BCUT2D eigenvalue weighted by Gasteiger charge is 2.27.